The lowest BCUT2D eigenvalue weighted by Gasteiger charge is -2.12. The molecule has 0 saturated heterocycles. The van der Waals surface area contributed by atoms with Crippen LogP contribution in [0.25, 0.3) is 0 Å². The standard InChI is InChI=1S/C23H36N8OS/c1-6-8-16(3)22(32)28-18-9-11-19(12-10-18)33-21-15-20(25-14-13-24)31(5)23(29-21)27-17(4)30-26-7-2/h9-12,15-16,26H,6-8,13-14,24H2,1-5H3,(H,28,32)(H,27,29,30). The number of amidine groups is 1. The number of amides is 1. The van der Waals surface area contributed by atoms with Crippen LogP contribution in [-0.2, 0) is 11.8 Å². The number of nitrogens with one attached hydrogen (secondary N) is 3. The van der Waals surface area contributed by atoms with Gasteiger partial charge in [-0.25, -0.2) is 10.4 Å². The van der Waals surface area contributed by atoms with Crippen molar-refractivity contribution in [2.75, 3.05) is 25.0 Å². The van der Waals surface area contributed by atoms with E-state index in [9.17, 15) is 4.79 Å². The molecular formula is C23H36N8OS. The first-order valence-electron chi connectivity index (χ1n) is 11.3. The lowest BCUT2D eigenvalue weighted by atomic mass is 10.1. The fourth-order valence-electron chi connectivity index (χ4n) is 2.95. The van der Waals surface area contributed by atoms with E-state index >= 15 is 0 Å². The Kier molecular flexibility index (Phi) is 11.1. The maximum Gasteiger partial charge on any atom is 0.233 e. The molecule has 5 N–H and O–H groups in total. The largest absolute Gasteiger partial charge is 0.329 e. The van der Waals surface area contributed by atoms with Gasteiger partial charge in [-0.15, -0.1) is 0 Å². The van der Waals surface area contributed by atoms with E-state index in [-0.39, 0.29) is 11.8 Å². The Balaban J connectivity index is 2.25. The monoisotopic (exact) mass is 472 g/mol. The second-order valence-electron chi connectivity index (χ2n) is 7.64. The first-order valence-corrected chi connectivity index (χ1v) is 12.1. The van der Waals surface area contributed by atoms with Crippen LogP contribution in [0, 0.1) is 5.92 Å². The van der Waals surface area contributed by atoms with E-state index < -0.39 is 0 Å². The van der Waals surface area contributed by atoms with Gasteiger partial charge in [0.15, 0.2) is 0 Å². The van der Waals surface area contributed by atoms with Gasteiger partial charge in [-0.1, -0.05) is 39.0 Å². The van der Waals surface area contributed by atoms with E-state index in [1.807, 2.05) is 62.7 Å². The molecule has 33 heavy (non-hydrogen) atoms. The smallest absolute Gasteiger partial charge is 0.233 e. The van der Waals surface area contributed by atoms with Gasteiger partial charge in [-0.05, 0) is 37.6 Å². The second-order valence-corrected chi connectivity index (χ2v) is 8.73. The SMILES string of the molecule is CCCC(C)C(=O)Nc1ccc(Sc2cc(=NCCN)n(C)c(/N=C(\C)NNCC)n2)cc1. The number of aromatic nitrogens is 2. The molecule has 1 heterocycles. The molecule has 1 aromatic carbocycles. The van der Waals surface area contributed by atoms with Gasteiger partial charge >= 0.3 is 0 Å². The number of rotatable bonds is 11. The zero-order chi connectivity index (χ0) is 24.2. The van der Waals surface area contributed by atoms with Crippen molar-refractivity contribution >= 4 is 35.1 Å². The third-order valence-electron chi connectivity index (χ3n) is 4.74. The quantitative estimate of drug-likeness (QED) is 0.173. The van der Waals surface area contributed by atoms with Gasteiger partial charge in [0.25, 0.3) is 0 Å². The predicted molar refractivity (Wildman–Crippen MR) is 136 cm³/mol. The van der Waals surface area contributed by atoms with Gasteiger partial charge in [-0.3, -0.25) is 14.4 Å². The van der Waals surface area contributed by atoms with Crippen LogP contribution in [0.4, 0.5) is 11.6 Å². The van der Waals surface area contributed by atoms with E-state index in [0.717, 1.165) is 40.5 Å². The summed E-state index contributed by atoms with van der Waals surface area (Å²) in [7, 11) is 1.88. The van der Waals surface area contributed by atoms with Crippen LogP contribution in [0.1, 0.15) is 40.5 Å². The highest BCUT2D eigenvalue weighted by atomic mass is 32.2. The Morgan fingerprint density at radius 1 is 1.27 bits per heavy atom. The molecule has 0 bridgehead atoms. The molecule has 9 nitrogen and oxygen atoms in total. The van der Waals surface area contributed by atoms with Gasteiger partial charge in [0, 0.05) is 42.7 Å². The van der Waals surface area contributed by atoms with Crippen LogP contribution in [0.2, 0.25) is 0 Å². The van der Waals surface area contributed by atoms with Crippen LogP contribution in [0.3, 0.4) is 0 Å². The molecule has 2 rings (SSSR count). The predicted octanol–water partition coefficient (Wildman–Crippen LogP) is 2.97. The molecule has 2 aromatic rings. The van der Waals surface area contributed by atoms with Crippen molar-refractivity contribution in [3.8, 4) is 0 Å². The molecule has 0 fully saturated rings. The lowest BCUT2D eigenvalue weighted by molar-refractivity contribution is -0.119. The summed E-state index contributed by atoms with van der Waals surface area (Å²) >= 11 is 1.51. The average molecular weight is 473 g/mol. The van der Waals surface area contributed by atoms with Crippen LogP contribution in [-0.4, -0.2) is 40.9 Å². The zero-order valence-corrected chi connectivity index (χ0v) is 21.0. The normalized spacial score (nSPS) is 13.2. The van der Waals surface area contributed by atoms with E-state index in [2.05, 4.69) is 33.1 Å². The number of hydrogen-bond acceptors (Lipinski definition) is 7. The summed E-state index contributed by atoms with van der Waals surface area (Å²) in [5.74, 6) is 1.28. The minimum atomic E-state index is -0.00144. The summed E-state index contributed by atoms with van der Waals surface area (Å²) in [4.78, 5) is 27.1. The Bertz CT molecular complexity index is 1000. The second kappa shape index (κ2) is 13.8. The number of hydrazine groups is 1. The molecule has 0 aliphatic carbocycles. The highest BCUT2D eigenvalue weighted by Crippen LogP contribution is 2.27. The summed E-state index contributed by atoms with van der Waals surface area (Å²) < 4.78 is 1.84. The molecule has 0 aliphatic rings. The van der Waals surface area contributed by atoms with Crippen molar-refractivity contribution in [2.24, 2.45) is 28.7 Å². The van der Waals surface area contributed by atoms with Gasteiger partial charge in [0.05, 0.1) is 6.54 Å². The molecule has 0 saturated carbocycles. The maximum absolute atomic E-state index is 12.3. The van der Waals surface area contributed by atoms with Gasteiger partial charge in [0.2, 0.25) is 11.9 Å². The Labute approximate surface area is 200 Å². The molecule has 1 unspecified atom stereocenters. The maximum atomic E-state index is 12.3. The Morgan fingerprint density at radius 3 is 2.64 bits per heavy atom. The van der Waals surface area contributed by atoms with Crippen LogP contribution < -0.4 is 27.4 Å². The zero-order valence-electron chi connectivity index (χ0n) is 20.2. The van der Waals surface area contributed by atoms with Gasteiger partial charge < -0.3 is 16.5 Å². The summed E-state index contributed by atoms with van der Waals surface area (Å²) in [6.07, 6.45) is 1.87. The summed E-state index contributed by atoms with van der Waals surface area (Å²) in [6.45, 7) is 9.66. The van der Waals surface area contributed by atoms with Crippen molar-refractivity contribution in [2.45, 2.75) is 50.5 Å². The van der Waals surface area contributed by atoms with Gasteiger partial charge in [-0.2, -0.15) is 4.99 Å². The lowest BCUT2D eigenvalue weighted by Crippen LogP contribution is -2.35. The molecule has 0 aliphatic heterocycles. The van der Waals surface area contributed by atoms with Crippen molar-refractivity contribution in [3.05, 3.63) is 35.8 Å². The summed E-state index contributed by atoms with van der Waals surface area (Å²) in [6, 6.07) is 9.68. The third-order valence-corrected chi connectivity index (χ3v) is 5.66. The van der Waals surface area contributed by atoms with Crippen molar-refractivity contribution < 1.29 is 4.79 Å². The third kappa shape index (κ3) is 8.64. The Hall–Kier alpha value is -2.69. The minimum Gasteiger partial charge on any atom is -0.329 e. The number of nitrogens with zero attached hydrogens (tertiary/aromatic N) is 4. The number of carbonyl (C=O) groups excluding carboxylic acids is 1. The molecule has 10 heteroatoms. The topological polar surface area (TPSA) is 122 Å². The number of nitrogens with two attached hydrogens (primary N) is 1. The number of carbonyl (C=O) groups is 1. The molecule has 0 radical (unpaired) electrons. The molecule has 180 valence electrons. The summed E-state index contributed by atoms with van der Waals surface area (Å²) in [5, 5.41) is 3.75. The number of benzene rings is 1. The van der Waals surface area contributed by atoms with E-state index in [0.29, 0.717) is 24.9 Å². The van der Waals surface area contributed by atoms with Crippen LogP contribution in [0.5, 0.6) is 0 Å². The summed E-state index contributed by atoms with van der Waals surface area (Å²) in [5.41, 5.74) is 13.2. The first-order chi connectivity index (χ1) is 15.9. The number of anilines is 1. The molecule has 1 amide bonds. The van der Waals surface area contributed by atoms with Crippen molar-refractivity contribution in [1.82, 2.24) is 20.4 Å². The highest BCUT2D eigenvalue weighted by Gasteiger charge is 2.12. The van der Waals surface area contributed by atoms with Crippen molar-refractivity contribution in [3.63, 3.8) is 0 Å². The van der Waals surface area contributed by atoms with E-state index in [4.69, 9.17) is 10.7 Å². The fraction of sp³-hybridized carbons (Fsp3) is 0.478. The van der Waals surface area contributed by atoms with Crippen LogP contribution in [0.15, 0.2) is 50.2 Å². The molecule has 0 spiro atoms. The number of aliphatic imine (C=N–C) groups is 1. The Morgan fingerprint density at radius 2 is 2.00 bits per heavy atom. The first kappa shape index (κ1) is 26.6. The molecular weight excluding hydrogens is 436 g/mol. The van der Waals surface area contributed by atoms with Gasteiger partial charge in [0.1, 0.15) is 16.3 Å². The highest BCUT2D eigenvalue weighted by molar-refractivity contribution is 7.99. The van der Waals surface area contributed by atoms with E-state index in [1.54, 1.807) is 0 Å². The molecule has 1 aromatic heterocycles. The average Bonchev–Trinajstić information content (AvgIpc) is 2.80. The minimum absolute atomic E-state index is 0.00144. The number of hydrogen-bond donors (Lipinski definition) is 4. The van der Waals surface area contributed by atoms with Crippen molar-refractivity contribution in [1.29, 1.82) is 0 Å². The van der Waals surface area contributed by atoms with E-state index in [1.165, 1.54) is 11.8 Å². The fourth-order valence-corrected chi connectivity index (χ4v) is 3.75. The van der Waals surface area contributed by atoms with Crippen LogP contribution >= 0.6 is 11.8 Å². The molecule has 1 atom stereocenters.